The smallest absolute Gasteiger partial charge is 0.194 e. The first-order chi connectivity index (χ1) is 11.1. The molecule has 0 aromatic heterocycles. The maximum Gasteiger partial charge on any atom is 0.194 e. The van der Waals surface area contributed by atoms with Crippen molar-refractivity contribution >= 4 is 29.9 Å². The van der Waals surface area contributed by atoms with Crippen LogP contribution in [0.4, 0.5) is 4.39 Å². The van der Waals surface area contributed by atoms with Gasteiger partial charge in [-0.2, -0.15) is 0 Å². The van der Waals surface area contributed by atoms with Gasteiger partial charge in [-0.05, 0) is 49.3 Å². The molecule has 1 spiro atoms. The van der Waals surface area contributed by atoms with Crippen LogP contribution < -0.4 is 5.32 Å². The van der Waals surface area contributed by atoms with E-state index in [9.17, 15) is 9.50 Å². The summed E-state index contributed by atoms with van der Waals surface area (Å²) in [5.74, 6) is 0.0193. The third kappa shape index (κ3) is 4.32. The zero-order valence-electron chi connectivity index (χ0n) is 14.2. The van der Waals surface area contributed by atoms with E-state index in [0.29, 0.717) is 12.0 Å². The first kappa shape index (κ1) is 19.3. The highest BCUT2D eigenvalue weighted by molar-refractivity contribution is 14.0. The molecule has 1 aromatic rings. The van der Waals surface area contributed by atoms with Crippen molar-refractivity contribution in [3.63, 3.8) is 0 Å². The average Bonchev–Trinajstić information content (AvgIpc) is 3.17. The van der Waals surface area contributed by atoms with Crippen molar-refractivity contribution in [2.75, 3.05) is 19.6 Å². The van der Waals surface area contributed by atoms with Crippen LogP contribution in [0.25, 0.3) is 0 Å². The number of benzene rings is 1. The zero-order chi connectivity index (χ0) is 16.3. The molecule has 1 heterocycles. The fraction of sp³-hybridized carbons (Fsp3) is 0.611. The van der Waals surface area contributed by atoms with E-state index in [1.807, 2.05) is 0 Å². The van der Waals surface area contributed by atoms with E-state index in [2.05, 4.69) is 22.1 Å². The molecule has 24 heavy (non-hydrogen) atoms. The number of guanidine groups is 1. The summed E-state index contributed by atoms with van der Waals surface area (Å²) in [7, 11) is 0. The van der Waals surface area contributed by atoms with E-state index in [-0.39, 0.29) is 29.7 Å². The Labute approximate surface area is 160 Å². The minimum Gasteiger partial charge on any atom is -0.505 e. The maximum absolute atomic E-state index is 13.4. The fourth-order valence-corrected chi connectivity index (χ4v) is 3.89. The van der Waals surface area contributed by atoms with E-state index < -0.39 is 5.82 Å². The molecule has 1 aliphatic heterocycles. The van der Waals surface area contributed by atoms with E-state index >= 15 is 0 Å². The SMILES string of the molecule is CCNC(=NCc1ccc(O)c(F)c1)N1CCC2(CCCC2)C1.I. The van der Waals surface area contributed by atoms with Crippen molar-refractivity contribution < 1.29 is 9.50 Å². The second-order valence-electron chi connectivity index (χ2n) is 6.83. The van der Waals surface area contributed by atoms with Crippen LogP contribution in [0.1, 0.15) is 44.6 Å². The molecule has 6 heteroatoms. The Morgan fingerprint density at radius 1 is 1.33 bits per heavy atom. The molecule has 0 amide bonds. The molecule has 0 radical (unpaired) electrons. The quantitative estimate of drug-likeness (QED) is 0.420. The Morgan fingerprint density at radius 2 is 2.08 bits per heavy atom. The van der Waals surface area contributed by atoms with Crippen LogP contribution in [0.2, 0.25) is 0 Å². The molecule has 1 saturated carbocycles. The number of nitrogens with zero attached hydrogens (tertiary/aromatic N) is 2. The molecular weight excluding hydrogens is 420 g/mol. The number of likely N-dealkylation sites (tertiary alicyclic amines) is 1. The standard InChI is InChI=1S/C18H26FN3O.HI/c1-2-20-17(21-12-14-5-6-16(23)15(19)11-14)22-10-9-18(13-22)7-3-4-8-18;/h5-6,11,23H,2-4,7-10,12-13H2,1H3,(H,20,21);1H. The van der Waals surface area contributed by atoms with Gasteiger partial charge in [0.25, 0.3) is 0 Å². The largest absolute Gasteiger partial charge is 0.505 e. The molecule has 3 rings (SSSR count). The number of rotatable bonds is 3. The number of hydrogen-bond acceptors (Lipinski definition) is 2. The summed E-state index contributed by atoms with van der Waals surface area (Å²) in [6, 6.07) is 4.45. The van der Waals surface area contributed by atoms with Gasteiger partial charge in [0, 0.05) is 19.6 Å². The second kappa shape index (κ2) is 8.36. The van der Waals surface area contributed by atoms with Crippen LogP contribution in [0.3, 0.4) is 0 Å². The predicted octanol–water partition coefficient (Wildman–Crippen LogP) is 3.88. The lowest BCUT2D eigenvalue weighted by atomic mass is 9.86. The van der Waals surface area contributed by atoms with Gasteiger partial charge in [0.2, 0.25) is 0 Å². The lowest BCUT2D eigenvalue weighted by molar-refractivity contribution is 0.309. The molecule has 1 aliphatic carbocycles. The third-order valence-electron chi connectivity index (χ3n) is 5.16. The van der Waals surface area contributed by atoms with Gasteiger partial charge in [0.05, 0.1) is 6.54 Å². The minimum atomic E-state index is -0.589. The van der Waals surface area contributed by atoms with Crippen molar-refractivity contribution in [1.29, 1.82) is 0 Å². The van der Waals surface area contributed by atoms with Crippen molar-refractivity contribution in [3.05, 3.63) is 29.6 Å². The van der Waals surface area contributed by atoms with Gasteiger partial charge in [-0.15, -0.1) is 24.0 Å². The van der Waals surface area contributed by atoms with Crippen LogP contribution >= 0.6 is 24.0 Å². The zero-order valence-corrected chi connectivity index (χ0v) is 16.6. The van der Waals surface area contributed by atoms with Gasteiger partial charge in [0.15, 0.2) is 17.5 Å². The van der Waals surface area contributed by atoms with Gasteiger partial charge in [-0.3, -0.25) is 0 Å². The van der Waals surface area contributed by atoms with Crippen molar-refractivity contribution in [3.8, 4) is 5.75 Å². The minimum absolute atomic E-state index is 0. The van der Waals surface area contributed by atoms with Crippen LogP contribution in [0, 0.1) is 11.2 Å². The van der Waals surface area contributed by atoms with Gasteiger partial charge >= 0.3 is 0 Å². The Kier molecular flexibility index (Phi) is 6.71. The Hall–Kier alpha value is -1.05. The summed E-state index contributed by atoms with van der Waals surface area (Å²) in [5.41, 5.74) is 1.27. The molecular formula is C18H27FIN3O. The molecule has 0 bridgehead atoms. The summed E-state index contributed by atoms with van der Waals surface area (Å²) >= 11 is 0. The van der Waals surface area contributed by atoms with Crippen LogP contribution in [-0.4, -0.2) is 35.6 Å². The summed E-state index contributed by atoms with van der Waals surface area (Å²) < 4.78 is 13.4. The van der Waals surface area contributed by atoms with Gasteiger partial charge in [-0.25, -0.2) is 9.38 Å². The first-order valence-corrected chi connectivity index (χ1v) is 8.62. The summed E-state index contributed by atoms with van der Waals surface area (Å²) in [4.78, 5) is 7.03. The van der Waals surface area contributed by atoms with Gasteiger partial charge in [0.1, 0.15) is 0 Å². The van der Waals surface area contributed by atoms with E-state index in [4.69, 9.17) is 0 Å². The second-order valence-corrected chi connectivity index (χ2v) is 6.83. The Balaban J connectivity index is 0.00000208. The van der Waals surface area contributed by atoms with Gasteiger partial charge in [-0.1, -0.05) is 18.9 Å². The summed E-state index contributed by atoms with van der Waals surface area (Å²) in [6.45, 7) is 5.45. The topological polar surface area (TPSA) is 47.9 Å². The number of hydrogen-bond donors (Lipinski definition) is 2. The summed E-state index contributed by atoms with van der Waals surface area (Å²) in [5, 5.41) is 12.6. The molecule has 2 N–H and O–H groups in total. The maximum atomic E-state index is 13.4. The average molecular weight is 447 g/mol. The Bertz CT molecular complexity index is 588. The highest BCUT2D eigenvalue weighted by atomic mass is 127. The number of aliphatic imine (C=N–C) groups is 1. The van der Waals surface area contributed by atoms with Crippen LogP contribution in [-0.2, 0) is 6.54 Å². The number of phenols is 1. The van der Waals surface area contributed by atoms with Crippen molar-refractivity contribution in [2.24, 2.45) is 10.4 Å². The monoisotopic (exact) mass is 447 g/mol. The molecule has 0 unspecified atom stereocenters. The predicted molar refractivity (Wildman–Crippen MR) is 105 cm³/mol. The van der Waals surface area contributed by atoms with Gasteiger partial charge < -0.3 is 15.3 Å². The van der Waals surface area contributed by atoms with Crippen molar-refractivity contribution in [1.82, 2.24) is 10.2 Å². The third-order valence-corrected chi connectivity index (χ3v) is 5.16. The number of halogens is 2. The normalized spacial score (nSPS) is 19.6. The summed E-state index contributed by atoms with van der Waals surface area (Å²) in [6.07, 6.45) is 6.64. The Morgan fingerprint density at radius 3 is 2.75 bits per heavy atom. The number of phenolic OH excluding ortho intramolecular Hbond substituents is 1. The molecule has 2 fully saturated rings. The van der Waals surface area contributed by atoms with Crippen molar-refractivity contribution in [2.45, 2.75) is 45.6 Å². The highest BCUT2D eigenvalue weighted by Gasteiger charge is 2.41. The van der Waals surface area contributed by atoms with E-state index in [1.54, 1.807) is 6.07 Å². The van der Waals surface area contributed by atoms with E-state index in [0.717, 1.165) is 31.2 Å². The fourth-order valence-electron chi connectivity index (χ4n) is 3.89. The first-order valence-electron chi connectivity index (χ1n) is 8.62. The molecule has 1 aromatic carbocycles. The molecule has 0 atom stereocenters. The lowest BCUT2D eigenvalue weighted by Crippen LogP contribution is -2.41. The highest BCUT2D eigenvalue weighted by Crippen LogP contribution is 2.45. The van der Waals surface area contributed by atoms with E-state index in [1.165, 1.54) is 44.2 Å². The van der Waals surface area contributed by atoms with Crippen LogP contribution in [0.15, 0.2) is 23.2 Å². The lowest BCUT2D eigenvalue weighted by Gasteiger charge is -2.26. The van der Waals surface area contributed by atoms with Crippen LogP contribution in [0.5, 0.6) is 5.75 Å². The molecule has 134 valence electrons. The number of aromatic hydroxyl groups is 1. The number of nitrogens with one attached hydrogen (secondary N) is 1. The molecule has 2 aliphatic rings. The molecule has 4 nitrogen and oxygen atoms in total. The molecule has 1 saturated heterocycles.